The fraction of sp³-hybridized carbons (Fsp3) is 0.333. The lowest BCUT2D eigenvalue weighted by atomic mass is 10.2. The van der Waals surface area contributed by atoms with E-state index in [-0.39, 0.29) is 0 Å². The van der Waals surface area contributed by atoms with Crippen LogP contribution in [0.4, 0.5) is 0 Å². The van der Waals surface area contributed by atoms with Crippen LogP contribution < -0.4 is 0 Å². The molecule has 0 aliphatic rings. The van der Waals surface area contributed by atoms with Gasteiger partial charge in [-0.15, -0.1) is 0 Å². The molecule has 0 fully saturated rings. The van der Waals surface area contributed by atoms with Gasteiger partial charge >= 0.3 is 0 Å². The summed E-state index contributed by atoms with van der Waals surface area (Å²) >= 11 is 4.16. The molecule has 0 rings (SSSR count). The lowest BCUT2D eigenvalue weighted by Crippen LogP contribution is -1.76. The molecule has 0 aliphatic carbocycles. The summed E-state index contributed by atoms with van der Waals surface area (Å²) in [5, 5.41) is 0. The van der Waals surface area contributed by atoms with E-state index in [4.69, 9.17) is 0 Å². The Morgan fingerprint density at radius 1 is 1.60 bits per heavy atom. The minimum Gasteiger partial charge on any atom is -0.175 e. The van der Waals surface area contributed by atoms with Crippen LogP contribution in [0, 0.1) is 0 Å². The highest BCUT2D eigenvalue weighted by atomic mass is 32.1. The Hall–Kier alpha value is -0.430. The van der Waals surface area contributed by atoms with E-state index in [2.05, 4.69) is 38.3 Å². The van der Waals surface area contributed by atoms with Gasteiger partial charge in [-0.1, -0.05) is 37.8 Å². The van der Waals surface area contributed by atoms with Crippen molar-refractivity contribution in [3.05, 3.63) is 36.5 Å². The van der Waals surface area contributed by atoms with Crippen molar-refractivity contribution in [1.82, 2.24) is 0 Å². The predicted molar refractivity (Wildman–Crippen MR) is 51.6 cm³/mol. The van der Waals surface area contributed by atoms with Crippen LogP contribution in [0.1, 0.15) is 13.3 Å². The molecule has 0 amide bonds. The Morgan fingerprint density at radius 3 is 2.70 bits per heavy atom. The first kappa shape index (κ1) is 9.57. The van der Waals surface area contributed by atoms with Crippen LogP contribution in [-0.2, 0) is 0 Å². The maximum Gasteiger partial charge on any atom is 0.0154 e. The van der Waals surface area contributed by atoms with Crippen LogP contribution in [0.25, 0.3) is 0 Å². The van der Waals surface area contributed by atoms with Crippen molar-refractivity contribution in [2.24, 2.45) is 0 Å². The summed E-state index contributed by atoms with van der Waals surface area (Å²) in [5.74, 6) is 0.780. The molecule has 0 aromatic rings. The van der Waals surface area contributed by atoms with Crippen molar-refractivity contribution in [2.45, 2.75) is 13.3 Å². The van der Waals surface area contributed by atoms with Crippen LogP contribution in [0.15, 0.2) is 36.5 Å². The standard InChI is InChI=1S/C9H14S/c1-3-5-7-9(8-10)6-4-2/h4-7,10H,2-3,8H2,1H3/b7-5-,9-6+. The van der Waals surface area contributed by atoms with E-state index in [1.165, 1.54) is 5.57 Å². The van der Waals surface area contributed by atoms with Crippen LogP contribution in [0.5, 0.6) is 0 Å². The molecule has 0 spiro atoms. The van der Waals surface area contributed by atoms with Gasteiger partial charge in [-0.2, -0.15) is 12.6 Å². The van der Waals surface area contributed by atoms with Gasteiger partial charge in [0.1, 0.15) is 0 Å². The number of thiol groups is 1. The molecule has 0 saturated carbocycles. The third-order valence-electron chi connectivity index (χ3n) is 1.08. The van der Waals surface area contributed by atoms with Gasteiger partial charge < -0.3 is 0 Å². The van der Waals surface area contributed by atoms with Crippen molar-refractivity contribution in [3.8, 4) is 0 Å². The topological polar surface area (TPSA) is 0 Å². The maximum atomic E-state index is 4.16. The molecular formula is C9H14S. The zero-order valence-electron chi connectivity index (χ0n) is 6.38. The largest absolute Gasteiger partial charge is 0.175 e. The van der Waals surface area contributed by atoms with Crippen LogP contribution in [0.2, 0.25) is 0 Å². The molecule has 10 heavy (non-hydrogen) atoms. The average Bonchev–Trinajstić information content (AvgIpc) is 1.98. The minimum atomic E-state index is 0.780. The summed E-state index contributed by atoms with van der Waals surface area (Å²) in [6, 6.07) is 0. The molecule has 56 valence electrons. The van der Waals surface area contributed by atoms with E-state index in [0.717, 1.165) is 12.2 Å². The zero-order chi connectivity index (χ0) is 7.82. The lowest BCUT2D eigenvalue weighted by Gasteiger charge is -1.91. The van der Waals surface area contributed by atoms with Crippen molar-refractivity contribution >= 4 is 12.6 Å². The predicted octanol–water partition coefficient (Wildman–Crippen LogP) is 2.99. The highest BCUT2D eigenvalue weighted by Gasteiger charge is 1.82. The lowest BCUT2D eigenvalue weighted by molar-refractivity contribution is 1.22. The first-order chi connectivity index (χ1) is 4.85. The molecule has 0 saturated heterocycles. The van der Waals surface area contributed by atoms with Crippen molar-refractivity contribution in [1.29, 1.82) is 0 Å². The van der Waals surface area contributed by atoms with Crippen molar-refractivity contribution in [3.63, 3.8) is 0 Å². The van der Waals surface area contributed by atoms with Gasteiger partial charge in [-0.3, -0.25) is 0 Å². The number of hydrogen-bond donors (Lipinski definition) is 1. The van der Waals surface area contributed by atoms with Gasteiger partial charge in [0.25, 0.3) is 0 Å². The molecule has 0 unspecified atom stereocenters. The summed E-state index contributed by atoms with van der Waals surface area (Å²) in [4.78, 5) is 0. The van der Waals surface area contributed by atoms with E-state index in [1.54, 1.807) is 6.08 Å². The smallest absolute Gasteiger partial charge is 0.0154 e. The van der Waals surface area contributed by atoms with Gasteiger partial charge in [0.15, 0.2) is 0 Å². The monoisotopic (exact) mass is 154 g/mol. The molecule has 0 bridgehead atoms. The van der Waals surface area contributed by atoms with E-state index in [1.807, 2.05) is 6.08 Å². The fourth-order valence-corrected chi connectivity index (χ4v) is 0.792. The van der Waals surface area contributed by atoms with E-state index in [0.29, 0.717) is 0 Å². The quantitative estimate of drug-likeness (QED) is 0.467. The summed E-state index contributed by atoms with van der Waals surface area (Å²) < 4.78 is 0. The molecule has 0 heterocycles. The molecule has 0 atom stereocenters. The normalized spacial score (nSPS) is 12.4. The molecule has 0 radical (unpaired) electrons. The summed E-state index contributed by atoms with van der Waals surface area (Å²) in [7, 11) is 0. The van der Waals surface area contributed by atoms with E-state index < -0.39 is 0 Å². The molecule has 0 aromatic heterocycles. The molecule has 0 nitrogen and oxygen atoms in total. The van der Waals surface area contributed by atoms with E-state index in [9.17, 15) is 0 Å². The Kier molecular flexibility index (Phi) is 6.40. The minimum absolute atomic E-state index is 0.780. The Labute approximate surface area is 68.7 Å². The van der Waals surface area contributed by atoms with Gasteiger partial charge in [-0.05, 0) is 12.0 Å². The number of allylic oxidation sites excluding steroid dienone is 4. The van der Waals surface area contributed by atoms with Gasteiger partial charge in [0, 0.05) is 5.75 Å². The van der Waals surface area contributed by atoms with Gasteiger partial charge in [0.05, 0.1) is 0 Å². The van der Waals surface area contributed by atoms with Crippen LogP contribution in [0.3, 0.4) is 0 Å². The van der Waals surface area contributed by atoms with Gasteiger partial charge in [0.2, 0.25) is 0 Å². The SMILES string of the molecule is C=C/C=C(\C=C/CC)CS. The second kappa shape index (κ2) is 6.69. The fourth-order valence-electron chi connectivity index (χ4n) is 0.582. The second-order valence-corrected chi connectivity index (χ2v) is 2.26. The van der Waals surface area contributed by atoms with Gasteiger partial charge in [-0.25, -0.2) is 0 Å². The summed E-state index contributed by atoms with van der Waals surface area (Å²) in [5.41, 5.74) is 1.21. The van der Waals surface area contributed by atoms with E-state index >= 15 is 0 Å². The maximum absolute atomic E-state index is 4.16. The highest BCUT2D eigenvalue weighted by Crippen LogP contribution is 2.00. The van der Waals surface area contributed by atoms with Crippen LogP contribution >= 0.6 is 12.6 Å². The second-order valence-electron chi connectivity index (χ2n) is 1.95. The summed E-state index contributed by atoms with van der Waals surface area (Å²) in [6.07, 6.45) is 9.02. The molecule has 0 aromatic carbocycles. The summed E-state index contributed by atoms with van der Waals surface area (Å²) in [6.45, 7) is 5.72. The first-order valence-electron chi connectivity index (χ1n) is 3.44. The third-order valence-corrected chi connectivity index (χ3v) is 1.45. The molecule has 0 N–H and O–H groups in total. The third kappa shape index (κ3) is 4.45. The molecular weight excluding hydrogens is 140 g/mol. The van der Waals surface area contributed by atoms with Crippen molar-refractivity contribution < 1.29 is 0 Å². The first-order valence-corrected chi connectivity index (χ1v) is 4.07. The van der Waals surface area contributed by atoms with Crippen LogP contribution in [-0.4, -0.2) is 5.75 Å². The number of hydrogen-bond acceptors (Lipinski definition) is 1. The Morgan fingerprint density at radius 2 is 2.30 bits per heavy atom. The molecule has 0 aliphatic heterocycles. The Balaban J connectivity index is 3.94. The Bertz CT molecular complexity index is 143. The highest BCUT2D eigenvalue weighted by molar-refractivity contribution is 7.80. The number of rotatable bonds is 4. The zero-order valence-corrected chi connectivity index (χ0v) is 7.27. The molecule has 1 heteroatoms. The van der Waals surface area contributed by atoms with Crippen molar-refractivity contribution in [2.75, 3.05) is 5.75 Å². The average molecular weight is 154 g/mol.